The van der Waals surface area contributed by atoms with Gasteiger partial charge in [0.15, 0.2) is 0 Å². The average Bonchev–Trinajstić information content (AvgIpc) is 3.05. The molecule has 2 amide bonds. The summed E-state index contributed by atoms with van der Waals surface area (Å²) in [5.41, 5.74) is 0.333. The third kappa shape index (κ3) is 5.15. The van der Waals surface area contributed by atoms with Gasteiger partial charge in [-0.15, -0.1) is 0 Å². The average molecular weight is 390 g/mol. The third-order valence-corrected chi connectivity index (χ3v) is 5.93. The second-order valence-electron chi connectivity index (χ2n) is 9.90. The topological polar surface area (TPSA) is 64.4 Å². The van der Waals surface area contributed by atoms with Crippen molar-refractivity contribution < 1.29 is 14.3 Å². The molecule has 1 aromatic rings. The van der Waals surface area contributed by atoms with Gasteiger partial charge in [0.25, 0.3) is 0 Å². The molecule has 6 nitrogen and oxygen atoms in total. The number of likely N-dealkylation sites (tertiary alicyclic amines) is 1. The van der Waals surface area contributed by atoms with E-state index in [4.69, 9.17) is 4.74 Å². The minimum atomic E-state index is -0.607. The van der Waals surface area contributed by atoms with Crippen molar-refractivity contribution in [3.05, 3.63) is 18.2 Å². The molecule has 28 heavy (non-hydrogen) atoms. The molecule has 1 aliphatic heterocycles. The smallest absolute Gasteiger partial charge is 0.417 e. The molecular formula is C22H35N3O3. The van der Waals surface area contributed by atoms with Gasteiger partial charge in [-0.3, -0.25) is 4.79 Å². The zero-order chi connectivity index (χ0) is 20.5. The molecule has 0 radical (unpaired) electrons. The zero-order valence-electron chi connectivity index (χ0n) is 18.0. The van der Waals surface area contributed by atoms with Gasteiger partial charge in [0, 0.05) is 31.1 Å². The number of amides is 2. The third-order valence-electron chi connectivity index (χ3n) is 5.93. The lowest BCUT2D eigenvalue weighted by atomic mass is 9.86. The van der Waals surface area contributed by atoms with E-state index in [1.54, 1.807) is 0 Å². The normalized spacial score (nSPS) is 29.0. The Hall–Kier alpha value is -1.85. The van der Waals surface area contributed by atoms with Gasteiger partial charge in [-0.1, -0.05) is 13.8 Å². The molecule has 3 rings (SSSR count). The van der Waals surface area contributed by atoms with Crippen molar-refractivity contribution in [1.82, 2.24) is 14.5 Å². The van der Waals surface area contributed by atoms with Gasteiger partial charge < -0.3 is 9.30 Å². The van der Waals surface area contributed by atoms with Crippen LogP contribution in [0, 0.1) is 17.8 Å². The molecule has 0 N–H and O–H groups in total. The molecule has 0 spiro atoms. The van der Waals surface area contributed by atoms with E-state index >= 15 is 0 Å². The monoisotopic (exact) mass is 389 g/mol. The Balaban J connectivity index is 1.65. The fourth-order valence-electron chi connectivity index (χ4n) is 4.41. The molecule has 0 aromatic carbocycles. The first-order valence-corrected chi connectivity index (χ1v) is 10.7. The number of rotatable bonds is 3. The molecule has 2 aliphatic rings. The van der Waals surface area contributed by atoms with Crippen LogP contribution in [0.25, 0.3) is 0 Å². The molecule has 1 aromatic heterocycles. The summed E-state index contributed by atoms with van der Waals surface area (Å²) in [4.78, 5) is 31.3. The van der Waals surface area contributed by atoms with Crippen LogP contribution in [0.2, 0.25) is 0 Å². The van der Waals surface area contributed by atoms with Crippen molar-refractivity contribution in [2.45, 2.75) is 84.8 Å². The number of ether oxygens (including phenoxy) is 1. The van der Waals surface area contributed by atoms with Gasteiger partial charge in [0.1, 0.15) is 5.60 Å². The van der Waals surface area contributed by atoms with Gasteiger partial charge in [0.05, 0.1) is 12.0 Å². The number of carbonyl (C=O) groups is 2. The number of carbonyl (C=O) groups excluding carboxylic acids is 2. The standard InChI is InChI=1S/C22H35N3O3/c1-15-6-8-19(9-7-15)24-13-18(23-14-24)11-17-10-16(2)12-25(20(17)26)21(27)28-22(3,4)5/h13-17,19H,6-12H2,1-5H3/t15?,16-,17?,19?/m0/s1. The Labute approximate surface area is 168 Å². The maximum Gasteiger partial charge on any atom is 0.417 e. The molecule has 1 saturated carbocycles. The summed E-state index contributed by atoms with van der Waals surface area (Å²) in [5.74, 6) is 0.732. The molecule has 1 saturated heterocycles. The largest absolute Gasteiger partial charge is 0.443 e. The predicted molar refractivity (Wildman–Crippen MR) is 108 cm³/mol. The lowest BCUT2D eigenvalue weighted by Crippen LogP contribution is -2.50. The fourth-order valence-corrected chi connectivity index (χ4v) is 4.41. The van der Waals surface area contributed by atoms with Crippen molar-refractivity contribution in [3.8, 4) is 0 Å². The van der Waals surface area contributed by atoms with E-state index in [9.17, 15) is 9.59 Å². The SMILES string of the molecule is CC1CCC(n2cnc(CC3C[C@H](C)CN(C(=O)OC(C)(C)C)C3=O)c2)CC1. The number of nitrogens with zero attached hydrogens (tertiary/aromatic N) is 3. The Morgan fingerprint density at radius 1 is 1.18 bits per heavy atom. The molecule has 0 bridgehead atoms. The highest BCUT2D eigenvalue weighted by atomic mass is 16.6. The summed E-state index contributed by atoms with van der Waals surface area (Å²) in [6.07, 6.45) is 9.78. The van der Waals surface area contributed by atoms with Crippen molar-refractivity contribution in [2.75, 3.05) is 6.54 Å². The van der Waals surface area contributed by atoms with Crippen LogP contribution < -0.4 is 0 Å². The highest BCUT2D eigenvalue weighted by Crippen LogP contribution is 2.32. The summed E-state index contributed by atoms with van der Waals surface area (Å²) in [6, 6.07) is 0.525. The number of imidazole rings is 1. The van der Waals surface area contributed by atoms with E-state index in [-0.39, 0.29) is 17.7 Å². The first kappa shape index (κ1) is 20.9. The van der Waals surface area contributed by atoms with E-state index in [2.05, 4.69) is 29.6 Å². The van der Waals surface area contributed by atoms with Crippen LogP contribution in [-0.2, 0) is 16.0 Å². The number of aromatic nitrogens is 2. The first-order valence-electron chi connectivity index (χ1n) is 10.7. The van der Waals surface area contributed by atoms with Crippen LogP contribution in [0.1, 0.15) is 78.5 Å². The number of imide groups is 1. The molecule has 1 aliphatic carbocycles. The fraction of sp³-hybridized carbons (Fsp3) is 0.773. The van der Waals surface area contributed by atoms with Crippen molar-refractivity contribution >= 4 is 12.0 Å². The second kappa shape index (κ2) is 8.26. The number of hydrogen-bond donors (Lipinski definition) is 0. The highest BCUT2D eigenvalue weighted by Gasteiger charge is 2.38. The van der Waals surface area contributed by atoms with E-state index in [1.807, 2.05) is 27.1 Å². The minimum Gasteiger partial charge on any atom is -0.443 e. The lowest BCUT2D eigenvalue weighted by molar-refractivity contribution is -0.138. The zero-order valence-corrected chi connectivity index (χ0v) is 18.0. The summed E-state index contributed by atoms with van der Waals surface area (Å²) < 4.78 is 7.66. The van der Waals surface area contributed by atoms with Crippen LogP contribution in [-0.4, -0.2) is 38.6 Å². The van der Waals surface area contributed by atoms with E-state index in [0.29, 0.717) is 19.0 Å². The van der Waals surface area contributed by atoms with Gasteiger partial charge in [-0.05, 0) is 64.7 Å². The summed E-state index contributed by atoms with van der Waals surface area (Å²) >= 11 is 0. The lowest BCUT2D eigenvalue weighted by Gasteiger charge is -2.35. The summed E-state index contributed by atoms with van der Waals surface area (Å²) in [5, 5.41) is 0. The van der Waals surface area contributed by atoms with Crippen LogP contribution in [0.5, 0.6) is 0 Å². The number of hydrogen-bond acceptors (Lipinski definition) is 4. The Morgan fingerprint density at radius 3 is 2.50 bits per heavy atom. The quantitative estimate of drug-likeness (QED) is 0.758. The molecule has 2 atom stereocenters. The Morgan fingerprint density at radius 2 is 1.86 bits per heavy atom. The van der Waals surface area contributed by atoms with Gasteiger partial charge >= 0.3 is 6.09 Å². The molecule has 1 unspecified atom stereocenters. The molecule has 156 valence electrons. The Kier molecular flexibility index (Phi) is 6.15. The van der Waals surface area contributed by atoms with E-state index in [1.165, 1.54) is 30.6 Å². The van der Waals surface area contributed by atoms with Crippen LogP contribution in [0.3, 0.4) is 0 Å². The first-order chi connectivity index (χ1) is 13.1. The maximum absolute atomic E-state index is 12.9. The van der Waals surface area contributed by atoms with Crippen LogP contribution in [0.4, 0.5) is 4.79 Å². The minimum absolute atomic E-state index is 0.131. The summed E-state index contributed by atoms with van der Waals surface area (Å²) in [7, 11) is 0. The van der Waals surface area contributed by atoms with Gasteiger partial charge in [-0.2, -0.15) is 0 Å². The summed E-state index contributed by atoms with van der Waals surface area (Å²) in [6.45, 7) is 10.3. The van der Waals surface area contributed by atoms with E-state index in [0.717, 1.165) is 18.0 Å². The number of piperidine rings is 1. The van der Waals surface area contributed by atoms with Gasteiger partial charge in [-0.25, -0.2) is 14.7 Å². The molecule has 6 heteroatoms. The maximum atomic E-state index is 12.9. The van der Waals surface area contributed by atoms with Gasteiger partial charge in [0.2, 0.25) is 5.91 Å². The second-order valence-corrected chi connectivity index (χ2v) is 9.90. The Bertz CT molecular complexity index is 698. The highest BCUT2D eigenvalue weighted by molar-refractivity contribution is 5.94. The molecular weight excluding hydrogens is 354 g/mol. The van der Waals surface area contributed by atoms with Crippen molar-refractivity contribution in [3.63, 3.8) is 0 Å². The van der Waals surface area contributed by atoms with E-state index < -0.39 is 11.7 Å². The molecule has 2 fully saturated rings. The van der Waals surface area contributed by atoms with Crippen molar-refractivity contribution in [2.24, 2.45) is 17.8 Å². The van der Waals surface area contributed by atoms with Crippen LogP contribution >= 0.6 is 0 Å². The predicted octanol–water partition coefficient (Wildman–Crippen LogP) is 4.60. The molecule has 2 heterocycles. The van der Waals surface area contributed by atoms with Crippen LogP contribution in [0.15, 0.2) is 12.5 Å². The van der Waals surface area contributed by atoms with Crippen molar-refractivity contribution in [1.29, 1.82) is 0 Å².